The molecule has 0 saturated carbocycles. The molecule has 1 aromatic carbocycles. The van der Waals surface area contributed by atoms with Gasteiger partial charge in [0.05, 0.1) is 0 Å². The van der Waals surface area contributed by atoms with Gasteiger partial charge in [0.1, 0.15) is 0 Å². The lowest BCUT2D eigenvalue weighted by atomic mass is 9.87. The molecule has 0 spiro atoms. The van der Waals surface area contributed by atoms with E-state index >= 15 is 0 Å². The maximum Gasteiger partial charge on any atom is 0.0297 e. The van der Waals surface area contributed by atoms with Gasteiger partial charge in [-0.2, -0.15) is 0 Å². The number of hydrogen-bond acceptors (Lipinski definition) is 1. The molecule has 1 aromatic rings. The zero-order valence-corrected chi connectivity index (χ0v) is 7.79. The van der Waals surface area contributed by atoms with Crippen molar-refractivity contribution in [2.45, 2.75) is 25.3 Å². The Balaban J connectivity index is 2.45. The van der Waals surface area contributed by atoms with Crippen LogP contribution in [0.15, 0.2) is 24.8 Å². The summed E-state index contributed by atoms with van der Waals surface area (Å²) in [4.78, 5) is 0. The summed E-state index contributed by atoms with van der Waals surface area (Å²) in [6.07, 6.45) is 5.40. The van der Waals surface area contributed by atoms with Crippen molar-refractivity contribution < 1.29 is 0 Å². The number of hydrogen-bond donors (Lipinski definition) is 1. The fourth-order valence-electron chi connectivity index (χ4n) is 2.00. The highest BCUT2D eigenvalue weighted by molar-refractivity contribution is 5.50. The first-order valence-electron chi connectivity index (χ1n) is 4.82. The highest BCUT2D eigenvalue weighted by atomic mass is 14.6. The molecule has 2 rings (SSSR count). The Morgan fingerprint density at radius 1 is 1.46 bits per heavy atom. The normalized spacial score (nSPS) is 20.8. The lowest BCUT2D eigenvalue weighted by Gasteiger charge is -2.22. The van der Waals surface area contributed by atoms with Crippen LogP contribution in [0.5, 0.6) is 0 Å². The summed E-state index contributed by atoms with van der Waals surface area (Å²) >= 11 is 0. The van der Waals surface area contributed by atoms with E-state index in [1.807, 2.05) is 6.08 Å². The van der Waals surface area contributed by atoms with E-state index < -0.39 is 0 Å². The van der Waals surface area contributed by atoms with Crippen LogP contribution >= 0.6 is 0 Å². The molecule has 0 fully saturated rings. The zero-order valence-electron chi connectivity index (χ0n) is 7.79. The highest BCUT2D eigenvalue weighted by Gasteiger charge is 2.15. The van der Waals surface area contributed by atoms with Gasteiger partial charge in [-0.25, -0.2) is 0 Å². The molecule has 0 aromatic heterocycles. The van der Waals surface area contributed by atoms with Gasteiger partial charge in [-0.15, -0.1) is 0 Å². The first-order valence-corrected chi connectivity index (χ1v) is 4.82. The zero-order chi connectivity index (χ0) is 9.26. The first-order chi connectivity index (χ1) is 6.31. The Kier molecular flexibility index (Phi) is 2.19. The van der Waals surface area contributed by atoms with E-state index in [1.165, 1.54) is 29.5 Å². The SMILES string of the molecule is C=Cc1ccc2c(c1)CCC[C@H]2N. The van der Waals surface area contributed by atoms with Crippen LogP contribution in [-0.2, 0) is 6.42 Å². The van der Waals surface area contributed by atoms with Crippen molar-refractivity contribution in [2.24, 2.45) is 5.73 Å². The van der Waals surface area contributed by atoms with Gasteiger partial charge in [-0.3, -0.25) is 0 Å². The summed E-state index contributed by atoms with van der Waals surface area (Å²) in [6, 6.07) is 6.71. The topological polar surface area (TPSA) is 26.0 Å². The average Bonchev–Trinajstić information content (AvgIpc) is 2.18. The maximum atomic E-state index is 6.01. The Morgan fingerprint density at radius 3 is 3.08 bits per heavy atom. The molecule has 1 aliphatic rings. The fraction of sp³-hybridized carbons (Fsp3) is 0.333. The Morgan fingerprint density at radius 2 is 2.31 bits per heavy atom. The summed E-state index contributed by atoms with van der Waals surface area (Å²) in [6.45, 7) is 3.77. The van der Waals surface area contributed by atoms with Crippen LogP contribution in [0, 0.1) is 0 Å². The van der Waals surface area contributed by atoms with Gasteiger partial charge in [0.25, 0.3) is 0 Å². The van der Waals surface area contributed by atoms with E-state index in [2.05, 4.69) is 24.8 Å². The highest BCUT2D eigenvalue weighted by Crippen LogP contribution is 2.28. The third-order valence-corrected chi connectivity index (χ3v) is 2.76. The van der Waals surface area contributed by atoms with Crippen molar-refractivity contribution in [3.8, 4) is 0 Å². The Labute approximate surface area is 79.3 Å². The molecule has 0 heterocycles. The van der Waals surface area contributed by atoms with Crippen LogP contribution in [0.3, 0.4) is 0 Å². The third-order valence-electron chi connectivity index (χ3n) is 2.76. The molecule has 13 heavy (non-hydrogen) atoms. The van der Waals surface area contributed by atoms with E-state index in [1.54, 1.807) is 0 Å². The summed E-state index contributed by atoms with van der Waals surface area (Å²) in [5, 5.41) is 0. The van der Waals surface area contributed by atoms with Crippen LogP contribution in [-0.4, -0.2) is 0 Å². The minimum absolute atomic E-state index is 0.252. The minimum atomic E-state index is 0.252. The molecule has 0 saturated heterocycles. The smallest absolute Gasteiger partial charge is 0.0297 e. The molecule has 2 N–H and O–H groups in total. The molecule has 1 atom stereocenters. The monoisotopic (exact) mass is 173 g/mol. The van der Waals surface area contributed by atoms with Crippen molar-refractivity contribution in [3.05, 3.63) is 41.5 Å². The van der Waals surface area contributed by atoms with E-state index in [-0.39, 0.29) is 6.04 Å². The molecule has 68 valence electrons. The number of fused-ring (bicyclic) bond motifs is 1. The van der Waals surface area contributed by atoms with E-state index in [0.717, 1.165) is 6.42 Å². The quantitative estimate of drug-likeness (QED) is 0.694. The summed E-state index contributed by atoms with van der Waals surface area (Å²) in [5.41, 5.74) is 9.96. The minimum Gasteiger partial charge on any atom is -0.324 e. The van der Waals surface area contributed by atoms with Crippen molar-refractivity contribution in [1.29, 1.82) is 0 Å². The average molecular weight is 173 g/mol. The van der Waals surface area contributed by atoms with Gasteiger partial charge in [0.2, 0.25) is 0 Å². The van der Waals surface area contributed by atoms with Crippen molar-refractivity contribution in [3.63, 3.8) is 0 Å². The predicted molar refractivity (Wildman–Crippen MR) is 56.4 cm³/mol. The predicted octanol–water partition coefficient (Wildman–Crippen LogP) is 2.67. The Hall–Kier alpha value is -1.08. The standard InChI is InChI=1S/C12H15N/c1-2-9-6-7-11-10(8-9)4-3-5-12(11)13/h2,6-8,12H,1,3-5,13H2/t12-/m1/s1. The molecule has 0 amide bonds. The van der Waals surface area contributed by atoms with Crippen LogP contribution in [0.2, 0.25) is 0 Å². The van der Waals surface area contributed by atoms with Crippen LogP contribution in [0.4, 0.5) is 0 Å². The summed E-state index contributed by atoms with van der Waals surface area (Å²) in [5.74, 6) is 0. The number of nitrogens with two attached hydrogens (primary N) is 1. The molecule has 1 nitrogen and oxygen atoms in total. The van der Waals surface area contributed by atoms with Gasteiger partial charge >= 0.3 is 0 Å². The molecule has 0 bridgehead atoms. The molecule has 0 aliphatic heterocycles. The fourth-order valence-corrected chi connectivity index (χ4v) is 2.00. The number of benzene rings is 1. The van der Waals surface area contributed by atoms with Crippen LogP contribution in [0.1, 0.15) is 35.6 Å². The number of rotatable bonds is 1. The van der Waals surface area contributed by atoms with Crippen LogP contribution < -0.4 is 5.73 Å². The van der Waals surface area contributed by atoms with Crippen molar-refractivity contribution in [1.82, 2.24) is 0 Å². The van der Waals surface area contributed by atoms with E-state index in [0.29, 0.717) is 0 Å². The molecular formula is C12H15N. The third kappa shape index (κ3) is 1.52. The van der Waals surface area contributed by atoms with Crippen molar-refractivity contribution in [2.75, 3.05) is 0 Å². The van der Waals surface area contributed by atoms with Gasteiger partial charge < -0.3 is 5.73 Å². The molecule has 0 radical (unpaired) electrons. The van der Waals surface area contributed by atoms with Gasteiger partial charge in [0.15, 0.2) is 0 Å². The van der Waals surface area contributed by atoms with E-state index in [4.69, 9.17) is 5.73 Å². The van der Waals surface area contributed by atoms with Gasteiger partial charge in [-0.1, -0.05) is 30.9 Å². The van der Waals surface area contributed by atoms with E-state index in [9.17, 15) is 0 Å². The Bertz CT molecular complexity index is 328. The van der Waals surface area contributed by atoms with Gasteiger partial charge in [-0.05, 0) is 36.0 Å². The lowest BCUT2D eigenvalue weighted by molar-refractivity contribution is 0.570. The van der Waals surface area contributed by atoms with Crippen molar-refractivity contribution >= 4 is 6.08 Å². The first kappa shape index (κ1) is 8.52. The second kappa shape index (κ2) is 3.35. The summed E-state index contributed by atoms with van der Waals surface area (Å²) in [7, 11) is 0. The second-order valence-corrected chi connectivity index (χ2v) is 3.66. The molecular weight excluding hydrogens is 158 g/mol. The number of aryl methyl sites for hydroxylation is 1. The largest absolute Gasteiger partial charge is 0.324 e. The molecule has 0 unspecified atom stereocenters. The van der Waals surface area contributed by atoms with Crippen LogP contribution in [0.25, 0.3) is 6.08 Å². The van der Waals surface area contributed by atoms with Gasteiger partial charge in [0, 0.05) is 6.04 Å². The summed E-state index contributed by atoms with van der Waals surface area (Å²) < 4.78 is 0. The molecule has 1 heteroatoms. The lowest BCUT2D eigenvalue weighted by Crippen LogP contribution is -2.17. The second-order valence-electron chi connectivity index (χ2n) is 3.66. The molecule has 1 aliphatic carbocycles. The maximum absolute atomic E-state index is 6.01.